The normalized spacial score (nSPS) is 11.7. The Balaban J connectivity index is 0. The van der Waals surface area contributed by atoms with E-state index in [0.29, 0.717) is 6.61 Å². The Hall–Kier alpha value is 0.400. The first-order valence-electron chi connectivity index (χ1n) is 3.55. The molecule has 64 valence electrons. The molecule has 1 atom stereocenters. The lowest BCUT2D eigenvalue weighted by molar-refractivity contribution is -0.102. The van der Waals surface area contributed by atoms with Crippen LogP contribution in [0.1, 0.15) is 20.8 Å². The number of methoxy groups -OCH3 is 1. The Morgan fingerprint density at radius 1 is 1.40 bits per heavy atom. The fourth-order valence-electron chi connectivity index (χ4n) is 0.361. The average Bonchev–Trinajstić information content (AvgIpc) is 2.04. The summed E-state index contributed by atoms with van der Waals surface area (Å²) in [5, 5.41) is 0.733. The SMILES string of the molecule is CC.CCOC(CBr)OC. The van der Waals surface area contributed by atoms with E-state index in [1.165, 1.54) is 0 Å². The van der Waals surface area contributed by atoms with Crippen LogP contribution in [0.5, 0.6) is 0 Å². The molecule has 0 spiro atoms. The molecule has 0 N–H and O–H groups in total. The highest BCUT2D eigenvalue weighted by molar-refractivity contribution is 9.09. The Labute approximate surface area is 72.0 Å². The number of ether oxygens (including phenoxy) is 2. The molecule has 0 aromatic rings. The molecule has 0 rings (SSSR count). The zero-order valence-electron chi connectivity index (χ0n) is 7.19. The summed E-state index contributed by atoms with van der Waals surface area (Å²) >= 11 is 3.23. The van der Waals surface area contributed by atoms with Crippen LogP contribution in [0.3, 0.4) is 0 Å². The Morgan fingerprint density at radius 3 is 2.00 bits per heavy atom. The van der Waals surface area contributed by atoms with Gasteiger partial charge in [-0.1, -0.05) is 29.8 Å². The third-order valence-electron chi connectivity index (χ3n) is 0.741. The zero-order chi connectivity index (χ0) is 8.41. The van der Waals surface area contributed by atoms with Crippen molar-refractivity contribution in [2.45, 2.75) is 27.1 Å². The third kappa shape index (κ3) is 8.40. The summed E-state index contributed by atoms with van der Waals surface area (Å²) in [6.07, 6.45) is -0.0833. The molecule has 0 heterocycles. The number of hydrogen-bond donors (Lipinski definition) is 0. The van der Waals surface area contributed by atoms with E-state index >= 15 is 0 Å². The fourth-order valence-corrected chi connectivity index (χ4v) is 0.813. The van der Waals surface area contributed by atoms with E-state index in [0.717, 1.165) is 5.33 Å². The highest BCUT2D eigenvalue weighted by Crippen LogP contribution is 1.96. The van der Waals surface area contributed by atoms with Gasteiger partial charge in [0.05, 0.1) is 5.33 Å². The molecule has 0 aliphatic rings. The van der Waals surface area contributed by atoms with Gasteiger partial charge >= 0.3 is 0 Å². The molecule has 2 nitrogen and oxygen atoms in total. The molecule has 0 aliphatic heterocycles. The van der Waals surface area contributed by atoms with Crippen LogP contribution in [-0.4, -0.2) is 25.3 Å². The van der Waals surface area contributed by atoms with Gasteiger partial charge < -0.3 is 9.47 Å². The van der Waals surface area contributed by atoms with Crippen molar-refractivity contribution in [1.29, 1.82) is 0 Å². The van der Waals surface area contributed by atoms with Gasteiger partial charge in [-0.2, -0.15) is 0 Å². The molecule has 10 heavy (non-hydrogen) atoms. The van der Waals surface area contributed by atoms with Gasteiger partial charge in [-0.15, -0.1) is 0 Å². The molecule has 0 fully saturated rings. The van der Waals surface area contributed by atoms with Crippen molar-refractivity contribution in [3.63, 3.8) is 0 Å². The second-order valence-corrected chi connectivity index (χ2v) is 1.92. The second-order valence-electron chi connectivity index (χ2n) is 1.27. The summed E-state index contributed by atoms with van der Waals surface area (Å²) in [7, 11) is 1.63. The van der Waals surface area contributed by atoms with Crippen LogP contribution in [0.15, 0.2) is 0 Å². The lowest BCUT2D eigenvalue weighted by Crippen LogP contribution is -2.16. The van der Waals surface area contributed by atoms with Crippen LogP contribution >= 0.6 is 15.9 Å². The number of alkyl halides is 1. The van der Waals surface area contributed by atoms with Crippen molar-refractivity contribution >= 4 is 15.9 Å². The minimum absolute atomic E-state index is 0.0833. The molecule has 0 bridgehead atoms. The standard InChI is InChI=1S/C5H11BrO2.C2H6/c1-3-8-5(4-6)7-2;1-2/h5H,3-4H2,1-2H3;1-2H3. The molecule has 0 saturated carbocycles. The minimum Gasteiger partial charge on any atom is -0.355 e. The lowest BCUT2D eigenvalue weighted by atomic mass is 10.7. The molecule has 0 radical (unpaired) electrons. The predicted octanol–water partition coefficient (Wildman–Crippen LogP) is 2.42. The average molecular weight is 213 g/mol. The lowest BCUT2D eigenvalue weighted by Gasteiger charge is -2.10. The van der Waals surface area contributed by atoms with Crippen LogP contribution < -0.4 is 0 Å². The molecular formula is C7H17BrO2. The maximum absolute atomic E-state index is 5.07. The Kier molecular flexibility index (Phi) is 15.8. The maximum Gasteiger partial charge on any atom is 0.166 e. The van der Waals surface area contributed by atoms with Crippen molar-refractivity contribution in [2.75, 3.05) is 19.0 Å². The zero-order valence-corrected chi connectivity index (χ0v) is 8.77. The number of halogens is 1. The second kappa shape index (κ2) is 12.1. The topological polar surface area (TPSA) is 18.5 Å². The van der Waals surface area contributed by atoms with Gasteiger partial charge in [0.2, 0.25) is 0 Å². The van der Waals surface area contributed by atoms with E-state index in [1.807, 2.05) is 20.8 Å². The summed E-state index contributed by atoms with van der Waals surface area (Å²) in [5.41, 5.74) is 0. The predicted molar refractivity (Wildman–Crippen MR) is 47.6 cm³/mol. The van der Waals surface area contributed by atoms with Gasteiger partial charge in [0.15, 0.2) is 6.29 Å². The molecule has 0 saturated heterocycles. The summed E-state index contributed by atoms with van der Waals surface area (Å²) in [4.78, 5) is 0. The summed E-state index contributed by atoms with van der Waals surface area (Å²) in [6, 6.07) is 0. The molecule has 3 heteroatoms. The van der Waals surface area contributed by atoms with E-state index in [2.05, 4.69) is 15.9 Å². The molecule has 0 aromatic carbocycles. The van der Waals surface area contributed by atoms with Gasteiger partial charge in [-0.25, -0.2) is 0 Å². The van der Waals surface area contributed by atoms with Crippen molar-refractivity contribution < 1.29 is 9.47 Å². The summed E-state index contributed by atoms with van der Waals surface area (Å²) < 4.78 is 9.94. The van der Waals surface area contributed by atoms with Crippen LogP contribution in [-0.2, 0) is 9.47 Å². The van der Waals surface area contributed by atoms with Gasteiger partial charge in [0, 0.05) is 13.7 Å². The van der Waals surface area contributed by atoms with Gasteiger partial charge in [-0.3, -0.25) is 0 Å². The fraction of sp³-hybridized carbons (Fsp3) is 1.00. The molecule has 0 aliphatic carbocycles. The van der Waals surface area contributed by atoms with Crippen LogP contribution in [0.2, 0.25) is 0 Å². The van der Waals surface area contributed by atoms with Gasteiger partial charge in [0.1, 0.15) is 0 Å². The summed E-state index contributed by atoms with van der Waals surface area (Å²) in [6.45, 7) is 6.64. The smallest absolute Gasteiger partial charge is 0.166 e. The maximum atomic E-state index is 5.07. The molecule has 1 unspecified atom stereocenters. The highest BCUT2D eigenvalue weighted by atomic mass is 79.9. The van der Waals surface area contributed by atoms with Crippen molar-refractivity contribution in [2.24, 2.45) is 0 Å². The van der Waals surface area contributed by atoms with Crippen molar-refractivity contribution in [3.05, 3.63) is 0 Å². The number of rotatable bonds is 4. The van der Waals surface area contributed by atoms with Crippen molar-refractivity contribution in [3.8, 4) is 0 Å². The van der Waals surface area contributed by atoms with Crippen molar-refractivity contribution in [1.82, 2.24) is 0 Å². The van der Waals surface area contributed by atoms with Crippen LogP contribution in [0.25, 0.3) is 0 Å². The largest absolute Gasteiger partial charge is 0.355 e. The summed E-state index contributed by atoms with van der Waals surface area (Å²) in [5.74, 6) is 0. The Morgan fingerprint density at radius 2 is 1.90 bits per heavy atom. The molecular weight excluding hydrogens is 196 g/mol. The quantitative estimate of drug-likeness (QED) is 0.527. The van der Waals surface area contributed by atoms with Crippen LogP contribution in [0.4, 0.5) is 0 Å². The highest BCUT2D eigenvalue weighted by Gasteiger charge is 2.00. The third-order valence-corrected chi connectivity index (χ3v) is 1.27. The van der Waals surface area contributed by atoms with E-state index < -0.39 is 0 Å². The molecule has 0 aromatic heterocycles. The van der Waals surface area contributed by atoms with E-state index in [-0.39, 0.29) is 6.29 Å². The first-order chi connectivity index (χ1) is 4.85. The first-order valence-corrected chi connectivity index (χ1v) is 4.67. The van der Waals surface area contributed by atoms with Crippen LogP contribution in [0, 0.1) is 0 Å². The monoisotopic (exact) mass is 212 g/mol. The first kappa shape index (κ1) is 13.0. The minimum atomic E-state index is -0.0833. The Bertz CT molecular complexity index is 46.9. The van der Waals surface area contributed by atoms with E-state index in [1.54, 1.807) is 7.11 Å². The van der Waals surface area contributed by atoms with E-state index in [4.69, 9.17) is 9.47 Å². The number of hydrogen-bond acceptors (Lipinski definition) is 2. The van der Waals surface area contributed by atoms with Gasteiger partial charge in [0.25, 0.3) is 0 Å². The molecule has 0 amide bonds. The van der Waals surface area contributed by atoms with E-state index in [9.17, 15) is 0 Å². The van der Waals surface area contributed by atoms with Gasteiger partial charge in [-0.05, 0) is 6.92 Å².